The Kier molecular flexibility index (Phi) is 3.28. The molecule has 2 amide bonds. The number of amides is 2. The predicted octanol–water partition coefficient (Wildman–Crippen LogP) is 0.263. The first-order valence-corrected chi connectivity index (χ1v) is 4.73. The first-order valence-electron chi connectivity index (χ1n) is 4.73. The molecule has 74 valence electrons. The van der Waals surface area contributed by atoms with Gasteiger partial charge in [-0.05, 0) is 19.8 Å². The van der Waals surface area contributed by atoms with Crippen molar-refractivity contribution in [1.82, 2.24) is 4.90 Å². The van der Waals surface area contributed by atoms with Gasteiger partial charge in [0.1, 0.15) is 0 Å². The smallest absolute Gasteiger partial charge is 0.222 e. The number of nitrogens with zero attached hydrogens (tertiary/aromatic N) is 1. The van der Waals surface area contributed by atoms with Crippen LogP contribution in [-0.4, -0.2) is 29.3 Å². The lowest BCUT2D eigenvalue weighted by Crippen LogP contribution is -2.33. The normalized spacial score (nSPS) is 22.4. The summed E-state index contributed by atoms with van der Waals surface area (Å²) in [5.41, 5.74) is 5.05. The topological polar surface area (TPSA) is 63.4 Å². The Balaban J connectivity index is 2.41. The van der Waals surface area contributed by atoms with Gasteiger partial charge in [0.25, 0.3) is 0 Å². The van der Waals surface area contributed by atoms with Crippen molar-refractivity contribution < 1.29 is 9.59 Å². The maximum atomic E-state index is 11.3. The van der Waals surface area contributed by atoms with Crippen LogP contribution in [0.15, 0.2) is 0 Å². The highest BCUT2D eigenvalue weighted by atomic mass is 16.2. The molecule has 0 saturated carbocycles. The molecule has 2 N–H and O–H groups in total. The standard InChI is InChI=1S/C9H16N2O2/c1-2-11-7(3-5-8(10)12)4-6-9(11)13/h7H,2-6H2,1H3,(H2,10,12). The lowest BCUT2D eigenvalue weighted by Gasteiger charge is -2.22. The monoisotopic (exact) mass is 184 g/mol. The molecular weight excluding hydrogens is 168 g/mol. The van der Waals surface area contributed by atoms with Crippen molar-refractivity contribution in [2.45, 2.75) is 38.6 Å². The summed E-state index contributed by atoms with van der Waals surface area (Å²) in [6.07, 6.45) is 2.60. The van der Waals surface area contributed by atoms with E-state index in [4.69, 9.17) is 5.73 Å². The summed E-state index contributed by atoms with van der Waals surface area (Å²) in [5.74, 6) is -0.0765. The SMILES string of the molecule is CCN1C(=O)CCC1CCC(N)=O. The molecule has 0 aromatic carbocycles. The Hall–Kier alpha value is -1.06. The van der Waals surface area contributed by atoms with Gasteiger partial charge in [-0.2, -0.15) is 0 Å². The zero-order chi connectivity index (χ0) is 9.84. The van der Waals surface area contributed by atoms with E-state index in [1.807, 2.05) is 11.8 Å². The van der Waals surface area contributed by atoms with Crippen molar-refractivity contribution >= 4 is 11.8 Å². The van der Waals surface area contributed by atoms with Gasteiger partial charge in [-0.15, -0.1) is 0 Å². The third-order valence-corrected chi connectivity index (χ3v) is 2.52. The van der Waals surface area contributed by atoms with Gasteiger partial charge in [0.05, 0.1) is 0 Å². The number of hydrogen-bond donors (Lipinski definition) is 1. The van der Waals surface area contributed by atoms with E-state index < -0.39 is 0 Å². The van der Waals surface area contributed by atoms with Crippen LogP contribution in [0.3, 0.4) is 0 Å². The van der Waals surface area contributed by atoms with E-state index in [1.165, 1.54) is 0 Å². The summed E-state index contributed by atoms with van der Waals surface area (Å²) >= 11 is 0. The molecule has 1 heterocycles. The van der Waals surface area contributed by atoms with Gasteiger partial charge in [-0.3, -0.25) is 9.59 Å². The van der Waals surface area contributed by atoms with Crippen LogP contribution < -0.4 is 5.73 Å². The van der Waals surface area contributed by atoms with Gasteiger partial charge in [-0.1, -0.05) is 0 Å². The van der Waals surface area contributed by atoms with Gasteiger partial charge >= 0.3 is 0 Å². The lowest BCUT2D eigenvalue weighted by molar-refractivity contribution is -0.129. The number of rotatable bonds is 4. The summed E-state index contributed by atoms with van der Waals surface area (Å²) < 4.78 is 0. The minimum atomic E-state index is -0.282. The first kappa shape index (κ1) is 10.0. The average molecular weight is 184 g/mol. The van der Waals surface area contributed by atoms with Crippen molar-refractivity contribution in [3.05, 3.63) is 0 Å². The van der Waals surface area contributed by atoms with Crippen LogP contribution in [0.2, 0.25) is 0 Å². The fraction of sp³-hybridized carbons (Fsp3) is 0.778. The molecule has 1 aliphatic rings. The third kappa shape index (κ3) is 2.44. The minimum absolute atomic E-state index is 0.206. The minimum Gasteiger partial charge on any atom is -0.370 e. The molecule has 1 saturated heterocycles. The second kappa shape index (κ2) is 4.25. The molecule has 0 radical (unpaired) electrons. The molecule has 0 spiro atoms. The van der Waals surface area contributed by atoms with E-state index in [-0.39, 0.29) is 17.9 Å². The Morgan fingerprint density at radius 2 is 2.38 bits per heavy atom. The highest BCUT2D eigenvalue weighted by Gasteiger charge is 2.29. The Morgan fingerprint density at radius 1 is 1.69 bits per heavy atom. The molecule has 1 rings (SSSR count). The van der Waals surface area contributed by atoms with Crippen molar-refractivity contribution in [2.75, 3.05) is 6.54 Å². The Labute approximate surface area is 78.1 Å². The summed E-state index contributed by atoms with van der Waals surface area (Å²) in [6, 6.07) is 0.241. The fourth-order valence-corrected chi connectivity index (χ4v) is 1.84. The number of likely N-dealkylation sites (tertiary alicyclic amines) is 1. The predicted molar refractivity (Wildman–Crippen MR) is 48.8 cm³/mol. The van der Waals surface area contributed by atoms with Gasteiger partial charge in [-0.25, -0.2) is 0 Å². The molecule has 1 atom stereocenters. The van der Waals surface area contributed by atoms with Crippen LogP contribution in [-0.2, 0) is 9.59 Å². The van der Waals surface area contributed by atoms with Crippen LogP contribution in [0.5, 0.6) is 0 Å². The molecule has 4 nitrogen and oxygen atoms in total. The third-order valence-electron chi connectivity index (χ3n) is 2.52. The zero-order valence-electron chi connectivity index (χ0n) is 7.95. The quantitative estimate of drug-likeness (QED) is 0.681. The summed E-state index contributed by atoms with van der Waals surface area (Å²) in [4.78, 5) is 23.7. The first-order chi connectivity index (χ1) is 6.15. The number of carbonyl (C=O) groups excluding carboxylic acids is 2. The summed E-state index contributed by atoms with van der Waals surface area (Å²) in [7, 11) is 0. The fourth-order valence-electron chi connectivity index (χ4n) is 1.84. The average Bonchev–Trinajstić information content (AvgIpc) is 2.42. The van der Waals surface area contributed by atoms with Crippen LogP contribution in [0.4, 0.5) is 0 Å². The molecule has 1 fully saturated rings. The second-order valence-corrected chi connectivity index (χ2v) is 3.38. The van der Waals surface area contributed by atoms with Crippen LogP contribution >= 0.6 is 0 Å². The van der Waals surface area contributed by atoms with E-state index in [2.05, 4.69) is 0 Å². The molecule has 1 unspecified atom stereocenters. The molecule has 0 bridgehead atoms. The van der Waals surface area contributed by atoms with Crippen LogP contribution in [0.25, 0.3) is 0 Å². The van der Waals surface area contributed by atoms with Crippen molar-refractivity contribution in [1.29, 1.82) is 0 Å². The molecule has 4 heteroatoms. The number of hydrogen-bond acceptors (Lipinski definition) is 2. The van der Waals surface area contributed by atoms with Gasteiger partial charge < -0.3 is 10.6 Å². The molecule has 1 aliphatic heterocycles. The summed E-state index contributed by atoms with van der Waals surface area (Å²) in [5, 5.41) is 0. The Bertz CT molecular complexity index is 216. The molecular formula is C9H16N2O2. The van der Waals surface area contributed by atoms with Crippen LogP contribution in [0, 0.1) is 0 Å². The molecule has 0 aromatic heterocycles. The highest BCUT2D eigenvalue weighted by Crippen LogP contribution is 2.21. The van der Waals surface area contributed by atoms with E-state index in [0.717, 1.165) is 19.4 Å². The van der Waals surface area contributed by atoms with E-state index >= 15 is 0 Å². The lowest BCUT2D eigenvalue weighted by atomic mass is 10.1. The van der Waals surface area contributed by atoms with Gasteiger partial charge in [0.2, 0.25) is 11.8 Å². The van der Waals surface area contributed by atoms with E-state index in [0.29, 0.717) is 12.8 Å². The highest BCUT2D eigenvalue weighted by molar-refractivity contribution is 5.79. The van der Waals surface area contributed by atoms with Crippen LogP contribution in [0.1, 0.15) is 32.6 Å². The number of nitrogens with two attached hydrogens (primary N) is 1. The molecule has 0 aliphatic carbocycles. The maximum absolute atomic E-state index is 11.3. The van der Waals surface area contributed by atoms with E-state index in [1.54, 1.807) is 0 Å². The zero-order valence-corrected chi connectivity index (χ0v) is 7.95. The Morgan fingerprint density at radius 3 is 2.92 bits per heavy atom. The largest absolute Gasteiger partial charge is 0.370 e. The van der Waals surface area contributed by atoms with Crippen molar-refractivity contribution in [3.63, 3.8) is 0 Å². The molecule has 0 aromatic rings. The van der Waals surface area contributed by atoms with Crippen molar-refractivity contribution in [3.8, 4) is 0 Å². The number of carbonyl (C=O) groups is 2. The maximum Gasteiger partial charge on any atom is 0.222 e. The number of primary amides is 1. The van der Waals surface area contributed by atoms with Gasteiger partial charge in [0.15, 0.2) is 0 Å². The molecule has 13 heavy (non-hydrogen) atoms. The second-order valence-electron chi connectivity index (χ2n) is 3.38. The summed E-state index contributed by atoms with van der Waals surface area (Å²) in [6.45, 7) is 2.70. The van der Waals surface area contributed by atoms with Gasteiger partial charge in [0, 0.05) is 25.4 Å². The van der Waals surface area contributed by atoms with E-state index in [9.17, 15) is 9.59 Å². The van der Waals surface area contributed by atoms with Crippen molar-refractivity contribution in [2.24, 2.45) is 5.73 Å².